The molecule has 0 aliphatic heterocycles. The molecule has 0 atom stereocenters. The van der Waals surface area contributed by atoms with E-state index in [0.717, 1.165) is 55.1 Å². The number of hydrogen-bond donors (Lipinski definition) is 0. The van der Waals surface area contributed by atoms with E-state index in [-0.39, 0.29) is 11.9 Å². The van der Waals surface area contributed by atoms with Gasteiger partial charge >= 0.3 is 11.9 Å². The maximum atomic E-state index is 12.7. The summed E-state index contributed by atoms with van der Waals surface area (Å²) < 4.78 is 11.7. The maximum Gasteiger partial charge on any atom is 0.312 e. The molecule has 7 heteroatoms. The highest BCUT2D eigenvalue weighted by molar-refractivity contribution is 7.99. The van der Waals surface area contributed by atoms with Crippen LogP contribution in [0.3, 0.4) is 0 Å². The van der Waals surface area contributed by atoms with E-state index < -0.39 is 0 Å². The number of thioether (sulfide) groups is 2. The highest BCUT2D eigenvalue weighted by Crippen LogP contribution is 2.37. The van der Waals surface area contributed by atoms with Crippen LogP contribution in [0.25, 0.3) is 0 Å². The van der Waals surface area contributed by atoms with E-state index in [1.807, 2.05) is 51.2 Å². The van der Waals surface area contributed by atoms with Crippen LogP contribution < -0.4 is 9.47 Å². The Kier molecular flexibility index (Phi) is 30.9. The van der Waals surface area contributed by atoms with Crippen molar-refractivity contribution in [1.29, 1.82) is 0 Å². The fourth-order valence-corrected chi connectivity index (χ4v) is 10.4. The van der Waals surface area contributed by atoms with Crippen molar-refractivity contribution in [3.63, 3.8) is 0 Å². The molecule has 0 aliphatic carbocycles. The summed E-state index contributed by atoms with van der Waals surface area (Å²) in [5, 5.41) is 0. The quantitative estimate of drug-likeness (QED) is 0.0385. The first-order valence-corrected chi connectivity index (χ1v) is 26.3. The summed E-state index contributed by atoms with van der Waals surface area (Å²) in [7, 11) is 0. The zero-order valence-electron chi connectivity index (χ0n) is 37.4. The van der Waals surface area contributed by atoms with Gasteiger partial charge in [0.05, 0.1) is 12.8 Å². The van der Waals surface area contributed by atoms with Crippen molar-refractivity contribution in [1.82, 2.24) is 0 Å². The molecule has 0 N–H and O–H groups in total. The van der Waals surface area contributed by atoms with Gasteiger partial charge in [-0.15, -0.1) is 0 Å². The fourth-order valence-electron chi connectivity index (χ4n) is 7.33. The zero-order valence-corrected chi connectivity index (χ0v) is 39.8. The third kappa shape index (κ3) is 25.6. The summed E-state index contributed by atoms with van der Waals surface area (Å²) in [4.78, 5) is 27.6. The molecule has 0 saturated carbocycles. The molecule has 2 rings (SSSR count). The summed E-state index contributed by atoms with van der Waals surface area (Å²) in [5.41, 5.74) is 3.85. The molecule has 0 amide bonds. The molecule has 0 radical (unpaired) electrons. The molecule has 4 nitrogen and oxygen atoms in total. The fraction of sp³-hybridized carbons (Fsp3) is 0.720. The Morgan fingerprint density at radius 3 is 0.947 bits per heavy atom. The summed E-state index contributed by atoms with van der Waals surface area (Å²) in [6.07, 6.45) is 33.7. The molecule has 0 spiro atoms. The van der Waals surface area contributed by atoms with Crippen molar-refractivity contribution in [2.24, 2.45) is 0 Å². The van der Waals surface area contributed by atoms with Gasteiger partial charge in [-0.3, -0.25) is 9.59 Å². The van der Waals surface area contributed by atoms with Crippen molar-refractivity contribution < 1.29 is 19.1 Å². The van der Waals surface area contributed by atoms with Crippen LogP contribution in [0.4, 0.5) is 0 Å². The molecule has 0 fully saturated rings. The molecular formula is C50H82O4S3. The number of rotatable bonds is 36. The molecular weight excluding hydrogens is 761 g/mol. The number of carbonyl (C=O) groups excluding carboxylic acids is 2. The average Bonchev–Trinajstić information content (AvgIpc) is 3.17. The first-order chi connectivity index (χ1) is 27.7. The number of unbranched alkanes of at least 4 members (excludes halogenated alkanes) is 22. The predicted molar refractivity (Wildman–Crippen MR) is 253 cm³/mol. The number of aryl methyl sites for hydroxylation is 4. The molecule has 57 heavy (non-hydrogen) atoms. The van der Waals surface area contributed by atoms with E-state index in [0.29, 0.717) is 24.3 Å². The van der Waals surface area contributed by atoms with Crippen molar-refractivity contribution in [2.45, 2.75) is 218 Å². The standard InChI is InChI=1S/C50H82O4S3/c1-7-9-11-13-15-17-19-21-23-25-27-29-33-55-35-31-47(51)53-49-41(3)37-45(38-42(49)4)57-46-39-43(5)50(44(6)40-46)54-48(52)32-36-56-34-30-28-26-24-22-20-18-16-14-12-10-8-2/h37-40H,7-36H2,1-6H3. The molecule has 2 aromatic carbocycles. The van der Waals surface area contributed by atoms with Crippen molar-refractivity contribution >= 4 is 47.2 Å². The van der Waals surface area contributed by atoms with Crippen LogP contribution in [0.2, 0.25) is 0 Å². The van der Waals surface area contributed by atoms with Gasteiger partial charge in [0.25, 0.3) is 0 Å². The largest absolute Gasteiger partial charge is 0.426 e. The van der Waals surface area contributed by atoms with Crippen molar-refractivity contribution in [2.75, 3.05) is 23.0 Å². The second-order valence-electron chi connectivity index (χ2n) is 16.3. The van der Waals surface area contributed by atoms with E-state index in [4.69, 9.17) is 9.47 Å². The van der Waals surface area contributed by atoms with E-state index in [2.05, 4.69) is 38.1 Å². The lowest BCUT2D eigenvalue weighted by Crippen LogP contribution is -2.11. The third-order valence-corrected chi connectivity index (χ3v) is 13.8. The van der Waals surface area contributed by atoms with Crippen LogP contribution in [-0.4, -0.2) is 35.0 Å². The lowest BCUT2D eigenvalue weighted by atomic mass is 10.1. The zero-order chi connectivity index (χ0) is 41.4. The second kappa shape index (κ2) is 34.2. The molecule has 0 unspecified atom stereocenters. The number of hydrogen-bond acceptors (Lipinski definition) is 7. The highest BCUT2D eigenvalue weighted by atomic mass is 32.2. The SMILES string of the molecule is CCCCCCCCCCCCCCSCCC(=O)Oc1c(C)cc(Sc2cc(C)c(OC(=O)CCSCCCCCCCCCCCCCC)c(C)c2)cc1C. The van der Waals surface area contributed by atoms with Crippen LogP contribution in [0.5, 0.6) is 11.5 Å². The smallest absolute Gasteiger partial charge is 0.312 e. The van der Waals surface area contributed by atoms with Gasteiger partial charge in [-0.2, -0.15) is 23.5 Å². The number of carbonyl (C=O) groups is 2. The average molecular weight is 843 g/mol. The van der Waals surface area contributed by atoms with Gasteiger partial charge in [0.1, 0.15) is 11.5 Å². The number of benzene rings is 2. The monoisotopic (exact) mass is 843 g/mol. The molecule has 324 valence electrons. The Morgan fingerprint density at radius 2 is 0.667 bits per heavy atom. The summed E-state index contributed by atoms with van der Waals surface area (Å²) >= 11 is 5.42. The summed E-state index contributed by atoms with van der Waals surface area (Å²) in [6.45, 7) is 12.6. The first kappa shape index (κ1) is 51.6. The normalized spacial score (nSPS) is 11.3. The highest BCUT2D eigenvalue weighted by Gasteiger charge is 2.15. The van der Waals surface area contributed by atoms with Gasteiger partial charge in [-0.25, -0.2) is 0 Å². The van der Waals surface area contributed by atoms with Gasteiger partial charge < -0.3 is 9.47 Å². The Bertz CT molecular complexity index is 1210. The van der Waals surface area contributed by atoms with E-state index in [1.165, 1.54) is 154 Å². The molecule has 2 aromatic rings. The molecule has 0 aromatic heterocycles. The Hall–Kier alpha value is -1.57. The Morgan fingerprint density at radius 1 is 0.404 bits per heavy atom. The Balaban J connectivity index is 1.61. The minimum absolute atomic E-state index is 0.154. The van der Waals surface area contributed by atoms with Crippen LogP contribution in [0.15, 0.2) is 34.1 Å². The van der Waals surface area contributed by atoms with Gasteiger partial charge in [-0.05, 0) is 98.6 Å². The van der Waals surface area contributed by atoms with Gasteiger partial charge in [0.15, 0.2) is 0 Å². The minimum atomic E-state index is -0.154. The molecule has 0 aliphatic rings. The van der Waals surface area contributed by atoms with Crippen molar-refractivity contribution in [3.05, 3.63) is 46.5 Å². The first-order valence-electron chi connectivity index (χ1n) is 23.2. The lowest BCUT2D eigenvalue weighted by molar-refractivity contribution is -0.134. The van der Waals surface area contributed by atoms with Crippen molar-refractivity contribution in [3.8, 4) is 11.5 Å². The van der Waals surface area contributed by atoms with Crippen LogP contribution in [0.1, 0.15) is 203 Å². The molecule has 0 saturated heterocycles. The van der Waals surface area contributed by atoms with E-state index in [1.54, 1.807) is 11.8 Å². The second-order valence-corrected chi connectivity index (χ2v) is 19.9. The molecule has 0 bridgehead atoms. The predicted octanol–water partition coefficient (Wildman–Crippen LogP) is 16.5. The third-order valence-electron chi connectivity index (χ3n) is 10.7. The number of ether oxygens (including phenoxy) is 2. The van der Waals surface area contributed by atoms with Crippen LogP contribution in [0, 0.1) is 27.7 Å². The maximum absolute atomic E-state index is 12.7. The lowest BCUT2D eigenvalue weighted by Gasteiger charge is -2.15. The van der Waals surface area contributed by atoms with Crippen LogP contribution >= 0.6 is 35.3 Å². The van der Waals surface area contributed by atoms with Gasteiger partial charge in [-0.1, -0.05) is 167 Å². The van der Waals surface area contributed by atoms with Gasteiger partial charge in [0.2, 0.25) is 0 Å². The van der Waals surface area contributed by atoms with Crippen LogP contribution in [-0.2, 0) is 9.59 Å². The van der Waals surface area contributed by atoms with E-state index in [9.17, 15) is 9.59 Å². The minimum Gasteiger partial charge on any atom is -0.426 e. The number of esters is 2. The Labute approximate surface area is 363 Å². The summed E-state index contributed by atoms with van der Waals surface area (Å²) in [5.74, 6) is 4.91. The molecule has 0 heterocycles. The van der Waals surface area contributed by atoms with E-state index >= 15 is 0 Å². The summed E-state index contributed by atoms with van der Waals surface area (Å²) in [6, 6.07) is 8.37. The van der Waals surface area contributed by atoms with Gasteiger partial charge in [0, 0.05) is 21.3 Å². The topological polar surface area (TPSA) is 52.6 Å².